The molecular formula is C10H14ClNO2. The highest BCUT2D eigenvalue weighted by Gasteiger charge is 2.12. The van der Waals surface area contributed by atoms with E-state index >= 15 is 0 Å². The Bertz CT molecular complexity index is 315. The standard InChI is InChI=1S/C10H14ClNO2/c1-12-6-7-8(11)4-5-9(13-2)10(7)14-3/h4-5,12H,6H2,1-3H3. The van der Waals surface area contributed by atoms with Crippen molar-refractivity contribution >= 4 is 11.6 Å². The van der Waals surface area contributed by atoms with Crippen molar-refractivity contribution in [1.82, 2.24) is 5.32 Å². The Hall–Kier alpha value is -0.930. The number of hydrogen-bond acceptors (Lipinski definition) is 3. The fourth-order valence-electron chi connectivity index (χ4n) is 1.31. The molecule has 1 N–H and O–H groups in total. The van der Waals surface area contributed by atoms with Crippen LogP contribution in [0.15, 0.2) is 12.1 Å². The molecule has 0 amide bonds. The molecule has 3 nitrogen and oxygen atoms in total. The highest BCUT2D eigenvalue weighted by molar-refractivity contribution is 6.31. The maximum atomic E-state index is 6.04. The van der Waals surface area contributed by atoms with E-state index in [4.69, 9.17) is 21.1 Å². The van der Waals surface area contributed by atoms with E-state index in [1.165, 1.54) is 0 Å². The Balaban J connectivity index is 3.20. The average molecular weight is 216 g/mol. The van der Waals surface area contributed by atoms with Crippen molar-refractivity contribution in [2.45, 2.75) is 6.54 Å². The Morgan fingerprint density at radius 2 is 2.00 bits per heavy atom. The molecule has 1 aromatic carbocycles. The van der Waals surface area contributed by atoms with Crippen molar-refractivity contribution < 1.29 is 9.47 Å². The molecule has 0 aromatic heterocycles. The summed E-state index contributed by atoms with van der Waals surface area (Å²) in [6, 6.07) is 3.59. The second-order valence-corrected chi connectivity index (χ2v) is 3.20. The number of rotatable bonds is 4. The molecule has 1 aromatic rings. The summed E-state index contributed by atoms with van der Waals surface area (Å²) in [5, 5.41) is 3.71. The summed E-state index contributed by atoms with van der Waals surface area (Å²) >= 11 is 6.04. The number of nitrogens with one attached hydrogen (secondary N) is 1. The number of ether oxygens (including phenoxy) is 2. The van der Waals surface area contributed by atoms with Crippen molar-refractivity contribution in [3.63, 3.8) is 0 Å². The maximum Gasteiger partial charge on any atom is 0.166 e. The van der Waals surface area contributed by atoms with Gasteiger partial charge >= 0.3 is 0 Å². The molecule has 4 heteroatoms. The van der Waals surface area contributed by atoms with Gasteiger partial charge in [-0.1, -0.05) is 11.6 Å². The second-order valence-electron chi connectivity index (χ2n) is 2.79. The molecule has 0 saturated heterocycles. The van der Waals surface area contributed by atoms with E-state index in [-0.39, 0.29) is 0 Å². The lowest BCUT2D eigenvalue weighted by atomic mass is 10.2. The number of methoxy groups -OCH3 is 2. The van der Waals surface area contributed by atoms with Gasteiger partial charge in [-0.25, -0.2) is 0 Å². The van der Waals surface area contributed by atoms with Crippen molar-refractivity contribution in [1.29, 1.82) is 0 Å². The third-order valence-electron chi connectivity index (χ3n) is 1.94. The lowest BCUT2D eigenvalue weighted by Crippen LogP contribution is -2.08. The summed E-state index contributed by atoms with van der Waals surface area (Å²) in [4.78, 5) is 0. The van der Waals surface area contributed by atoms with Gasteiger partial charge in [0.1, 0.15) is 0 Å². The number of benzene rings is 1. The van der Waals surface area contributed by atoms with Gasteiger partial charge in [-0.3, -0.25) is 0 Å². The van der Waals surface area contributed by atoms with Gasteiger partial charge in [0.15, 0.2) is 11.5 Å². The molecule has 0 spiro atoms. The van der Waals surface area contributed by atoms with Crippen LogP contribution in [-0.4, -0.2) is 21.3 Å². The van der Waals surface area contributed by atoms with Gasteiger partial charge in [0.25, 0.3) is 0 Å². The predicted molar refractivity (Wildman–Crippen MR) is 57.3 cm³/mol. The Morgan fingerprint density at radius 3 is 2.50 bits per heavy atom. The van der Waals surface area contributed by atoms with Crippen molar-refractivity contribution in [2.24, 2.45) is 0 Å². The Morgan fingerprint density at radius 1 is 1.29 bits per heavy atom. The number of halogens is 1. The van der Waals surface area contributed by atoms with Crippen LogP contribution >= 0.6 is 11.6 Å². The van der Waals surface area contributed by atoms with Crippen molar-refractivity contribution in [3.8, 4) is 11.5 Å². The molecular weight excluding hydrogens is 202 g/mol. The van der Waals surface area contributed by atoms with E-state index in [2.05, 4.69) is 5.32 Å². The van der Waals surface area contributed by atoms with Crippen molar-refractivity contribution in [2.75, 3.05) is 21.3 Å². The van der Waals surface area contributed by atoms with Gasteiger partial charge in [-0.2, -0.15) is 0 Å². The third kappa shape index (κ3) is 2.11. The van der Waals surface area contributed by atoms with E-state index in [0.29, 0.717) is 23.1 Å². The quantitative estimate of drug-likeness (QED) is 0.834. The first-order chi connectivity index (χ1) is 6.74. The first-order valence-electron chi connectivity index (χ1n) is 4.28. The molecule has 78 valence electrons. The van der Waals surface area contributed by atoms with Crippen LogP contribution < -0.4 is 14.8 Å². The van der Waals surface area contributed by atoms with Gasteiger partial charge in [-0.15, -0.1) is 0 Å². The second kappa shape index (κ2) is 5.08. The fourth-order valence-corrected chi connectivity index (χ4v) is 1.52. The van der Waals surface area contributed by atoms with E-state index in [0.717, 1.165) is 5.56 Å². The highest BCUT2D eigenvalue weighted by Crippen LogP contribution is 2.35. The van der Waals surface area contributed by atoms with Crippen LogP contribution in [0.4, 0.5) is 0 Å². The average Bonchev–Trinajstić information content (AvgIpc) is 2.21. The van der Waals surface area contributed by atoms with Crippen LogP contribution in [0.3, 0.4) is 0 Å². The van der Waals surface area contributed by atoms with E-state index in [1.54, 1.807) is 26.4 Å². The molecule has 0 aliphatic rings. The van der Waals surface area contributed by atoms with Crippen LogP contribution in [-0.2, 0) is 6.54 Å². The molecule has 0 bridgehead atoms. The van der Waals surface area contributed by atoms with E-state index in [9.17, 15) is 0 Å². The molecule has 0 atom stereocenters. The van der Waals surface area contributed by atoms with Crippen molar-refractivity contribution in [3.05, 3.63) is 22.7 Å². The molecule has 0 heterocycles. The fraction of sp³-hybridized carbons (Fsp3) is 0.400. The van der Waals surface area contributed by atoms with Gasteiger partial charge in [0.05, 0.1) is 14.2 Å². The topological polar surface area (TPSA) is 30.5 Å². The Labute approximate surface area is 89.0 Å². The van der Waals surface area contributed by atoms with E-state index in [1.807, 2.05) is 7.05 Å². The van der Waals surface area contributed by atoms with E-state index < -0.39 is 0 Å². The summed E-state index contributed by atoms with van der Waals surface area (Å²) in [5.41, 5.74) is 0.913. The van der Waals surface area contributed by atoms with Crippen LogP contribution in [0.1, 0.15) is 5.56 Å². The summed E-state index contributed by atoms with van der Waals surface area (Å²) in [7, 11) is 5.07. The molecule has 0 radical (unpaired) electrons. The Kier molecular flexibility index (Phi) is 4.04. The van der Waals surface area contributed by atoms with Gasteiger partial charge < -0.3 is 14.8 Å². The molecule has 0 aliphatic carbocycles. The minimum absolute atomic E-state index is 0.652. The molecule has 0 saturated carbocycles. The first kappa shape index (κ1) is 11.1. The minimum atomic E-state index is 0.652. The molecule has 0 unspecified atom stereocenters. The summed E-state index contributed by atoms with van der Waals surface area (Å²) in [6.45, 7) is 0.652. The first-order valence-corrected chi connectivity index (χ1v) is 4.66. The molecule has 14 heavy (non-hydrogen) atoms. The maximum absolute atomic E-state index is 6.04. The lowest BCUT2D eigenvalue weighted by Gasteiger charge is -2.13. The highest BCUT2D eigenvalue weighted by atomic mass is 35.5. The SMILES string of the molecule is CNCc1c(Cl)ccc(OC)c1OC. The number of hydrogen-bond donors (Lipinski definition) is 1. The van der Waals surface area contributed by atoms with Crippen LogP contribution in [0.25, 0.3) is 0 Å². The van der Waals surface area contributed by atoms with Gasteiger partial charge in [0, 0.05) is 17.1 Å². The van der Waals surface area contributed by atoms with Crippen LogP contribution in [0, 0.1) is 0 Å². The zero-order chi connectivity index (χ0) is 10.6. The molecule has 0 aliphatic heterocycles. The zero-order valence-corrected chi connectivity index (χ0v) is 9.31. The lowest BCUT2D eigenvalue weighted by molar-refractivity contribution is 0.351. The largest absolute Gasteiger partial charge is 0.493 e. The molecule has 0 fully saturated rings. The summed E-state index contributed by atoms with van der Waals surface area (Å²) < 4.78 is 10.4. The third-order valence-corrected chi connectivity index (χ3v) is 2.30. The van der Waals surface area contributed by atoms with Crippen LogP contribution in [0.5, 0.6) is 11.5 Å². The molecule has 1 rings (SSSR count). The summed E-state index contributed by atoms with van der Waals surface area (Å²) in [5.74, 6) is 1.39. The summed E-state index contributed by atoms with van der Waals surface area (Å²) in [6.07, 6.45) is 0. The zero-order valence-electron chi connectivity index (χ0n) is 8.56. The van der Waals surface area contributed by atoms with Crippen LogP contribution in [0.2, 0.25) is 5.02 Å². The normalized spacial score (nSPS) is 10.0. The van der Waals surface area contributed by atoms with Gasteiger partial charge in [0.2, 0.25) is 0 Å². The predicted octanol–water partition coefficient (Wildman–Crippen LogP) is 2.08. The smallest absolute Gasteiger partial charge is 0.166 e. The minimum Gasteiger partial charge on any atom is -0.493 e. The monoisotopic (exact) mass is 215 g/mol. The van der Waals surface area contributed by atoms with Gasteiger partial charge in [-0.05, 0) is 19.2 Å².